The lowest BCUT2D eigenvalue weighted by molar-refractivity contribution is 0.0278. The Hall–Kier alpha value is -0.560. The van der Waals surface area contributed by atoms with Gasteiger partial charge in [-0.1, -0.05) is 18.6 Å². The van der Waals surface area contributed by atoms with Crippen molar-refractivity contribution in [3.63, 3.8) is 0 Å². The number of hydrogen-bond donors (Lipinski definition) is 1. The van der Waals surface area contributed by atoms with Crippen molar-refractivity contribution < 1.29 is 5.11 Å². The van der Waals surface area contributed by atoms with Gasteiger partial charge in [-0.05, 0) is 57.1 Å². The van der Waals surface area contributed by atoms with E-state index in [0.717, 1.165) is 25.7 Å². The van der Waals surface area contributed by atoms with Gasteiger partial charge < -0.3 is 5.11 Å². The van der Waals surface area contributed by atoms with E-state index in [1.807, 2.05) is 0 Å². The fourth-order valence-corrected chi connectivity index (χ4v) is 3.35. The van der Waals surface area contributed by atoms with Gasteiger partial charge >= 0.3 is 0 Å². The zero-order chi connectivity index (χ0) is 11.1. The maximum atomic E-state index is 10.2. The largest absolute Gasteiger partial charge is 0.392 e. The molecule has 2 atom stereocenters. The number of aliphatic hydroxyl groups is 1. The van der Waals surface area contributed by atoms with Crippen molar-refractivity contribution in [2.24, 2.45) is 5.41 Å². The van der Waals surface area contributed by atoms with Crippen LogP contribution in [0, 0.1) is 5.41 Å². The first kappa shape index (κ1) is 10.9. The van der Waals surface area contributed by atoms with E-state index in [4.69, 9.17) is 0 Å². The van der Waals surface area contributed by atoms with Gasteiger partial charge in [0.15, 0.2) is 0 Å². The highest BCUT2D eigenvalue weighted by Crippen LogP contribution is 2.50. The number of rotatable bonds is 0. The molecule has 1 nitrogen and oxygen atoms in total. The summed E-state index contributed by atoms with van der Waals surface area (Å²) in [5, 5.41) is 10.2. The van der Waals surface area contributed by atoms with Crippen molar-refractivity contribution in [2.75, 3.05) is 0 Å². The first-order valence-corrected chi connectivity index (χ1v) is 6.13. The summed E-state index contributed by atoms with van der Waals surface area (Å²) in [6.45, 7) is 6.61. The van der Waals surface area contributed by atoms with E-state index < -0.39 is 0 Å². The monoisotopic (exact) mass is 206 g/mol. The average molecular weight is 206 g/mol. The first-order valence-electron chi connectivity index (χ1n) is 6.13. The summed E-state index contributed by atoms with van der Waals surface area (Å²) in [7, 11) is 0. The standard InChI is InChI=1S/C14H22O/c1-4-11-8-9-14(3)12(10(11)2)6-5-7-13(14)15/h4,13,15H,5-9H2,1-3H3/b11-4+/t13-,14-/m0/s1. The Morgan fingerprint density at radius 2 is 2.13 bits per heavy atom. The molecule has 0 aromatic carbocycles. The highest BCUT2D eigenvalue weighted by molar-refractivity contribution is 5.41. The van der Waals surface area contributed by atoms with Crippen LogP contribution in [0.4, 0.5) is 0 Å². The SMILES string of the molecule is C/C=C1\CC[C@@]2(C)C(=C1C)CCC[C@@H]2O. The third kappa shape index (κ3) is 1.57. The van der Waals surface area contributed by atoms with E-state index in [1.54, 1.807) is 0 Å². The smallest absolute Gasteiger partial charge is 0.0631 e. The number of hydrogen-bond acceptors (Lipinski definition) is 1. The summed E-state index contributed by atoms with van der Waals surface area (Å²) < 4.78 is 0. The Morgan fingerprint density at radius 1 is 1.40 bits per heavy atom. The topological polar surface area (TPSA) is 20.2 Å². The molecular formula is C14H22O. The van der Waals surface area contributed by atoms with E-state index >= 15 is 0 Å². The van der Waals surface area contributed by atoms with Crippen LogP contribution < -0.4 is 0 Å². The minimum absolute atomic E-state index is 0.0782. The molecule has 84 valence electrons. The molecule has 15 heavy (non-hydrogen) atoms. The minimum Gasteiger partial charge on any atom is -0.392 e. The van der Waals surface area contributed by atoms with Crippen LogP contribution >= 0.6 is 0 Å². The fourth-order valence-electron chi connectivity index (χ4n) is 3.35. The third-order valence-electron chi connectivity index (χ3n) is 4.53. The minimum atomic E-state index is -0.116. The van der Waals surface area contributed by atoms with Crippen LogP contribution in [0.3, 0.4) is 0 Å². The molecule has 0 aromatic rings. The van der Waals surface area contributed by atoms with E-state index in [9.17, 15) is 5.11 Å². The van der Waals surface area contributed by atoms with Gasteiger partial charge in [-0.25, -0.2) is 0 Å². The summed E-state index contributed by atoms with van der Waals surface area (Å²) in [6.07, 6.45) is 7.72. The lowest BCUT2D eigenvalue weighted by atomic mass is 9.61. The molecule has 1 heteroatoms. The predicted octanol–water partition coefficient (Wildman–Crippen LogP) is 3.59. The maximum Gasteiger partial charge on any atom is 0.0631 e. The lowest BCUT2D eigenvalue weighted by Gasteiger charge is -2.45. The van der Waals surface area contributed by atoms with Crippen LogP contribution in [0.15, 0.2) is 22.8 Å². The van der Waals surface area contributed by atoms with Crippen LogP contribution in [-0.2, 0) is 0 Å². The highest BCUT2D eigenvalue weighted by atomic mass is 16.3. The van der Waals surface area contributed by atoms with Gasteiger partial charge in [-0.2, -0.15) is 0 Å². The molecule has 2 aliphatic rings. The molecule has 0 radical (unpaired) electrons. The molecule has 0 heterocycles. The first-order chi connectivity index (χ1) is 7.09. The van der Waals surface area contributed by atoms with Gasteiger partial charge in [0.05, 0.1) is 6.10 Å². The third-order valence-corrected chi connectivity index (χ3v) is 4.53. The molecule has 2 rings (SSSR count). The zero-order valence-corrected chi connectivity index (χ0v) is 10.1. The van der Waals surface area contributed by atoms with Crippen LogP contribution in [0.25, 0.3) is 0 Å². The van der Waals surface area contributed by atoms with Crippen LogP contribution in [0.2, 0.25) is 0 Å². The van der Waals surface area contributed by atoms with Gasteiger partial charge in [-0.15, -0.1) is 0 Å². The van der Waals surface area contributed by atoms with Gasteiger partial charge in [-0.3, -0.25) is 0 Å². The summed E-state index contributed by atoms with van der Waals surface area (Å²) in [6, 6.07) is 0. The molecular weight excluding hydrogens is 184 g/mol. The molecule has 0 saturated heterocycles. The van der Waals surface area contributed by atoms with Crippen molar-refractivity contribution >= 4 is 0 Å². The summed E-state index contributed by atoms with van der Waals surface area (Å²) in [5.74, 6) is 0. The van der Waals surface area contributed by atoms with Crippen LogP contribution in [-0.4, -0.2) is 11.2 Å². The summed E-state index contributed by atoms with van der Waals surface area (Å²) in [5.41, 5.74) is 4.57. The second kappa shape index (κ2) is 3.79. The molecule has 0 aromatic heterocycles. The van der Waals surface area contributed by atoms with Crippen molar-refractivity contribution in [3.8, 4) is 0 Å². The second-order valence-electron chi connectivity index (χ2n) is 5.24. The van der Waals surface area contributed by atoms with Crippen molar-refractivity contribution in [2.45, 2.75) is 59.0 Å². The predicted molar refractivity (Wildman–Crippen MR) is 63.7 cm³/mol. The molecule has 1 fully saturated rings. The fraction of sp³-hybridized carbons (Fsp3) is 0.714. The van der Waals surface area contributed by atoms with E-state index in [2.05, 4.69) is 26.8 Å². The summed E-state index contributed by atoms with van der Waals surface area (Å²) >= 11 is 0. The molecule has 0 spiro atoms. The second-order valence-corrected chi connectivity index (χ2v) is 5.24. The van der Waals surface area contributed by atoms with Gasteiger partial charge in [0.25, 0.3) is 0 Å². The molecule has 1 N–H and O–H groups in total. The Morgan fingerprint density at radius 3 is 2.80 bits per heavy atom. The van der Waals surface area contributed by atoms with Crippen molar-refractivity contribution in [3.05, 3.63) is 22.8 Å². The van der Waals surface area contributed by atoms with Crippen LogP contribution in [0.1, 0.15) is 52.9 Å². The molecule has 2 aliphatic carbocycles. The number of aliphatic hydroxyl groups excluding tert-OH is 1. The van der Waals surface area contributed by atoms with E-state index in [1.165, 1.54) is 23.1 Å². The van der Waals surface area contributed by atoms with Crippen molar-refractivity contribution in [1.29, 1.82) is 0 Å². The van der Waals surface area contributed by atoms with E-state index in [-0.39, 0.29) is 11.5 Å². The Labute approximate surface area is 92.9 Å². The highest BCUT2D eigenvalue weighted by Gasteiger charge is 2.42. The van der Waals surface area contributed by atoms with Gasteiger partial charge in [0.2, 0.25) is 0 Å². The number of fused-ring (bicyclic) bond motifs is 1. The van der Waals surface area contributed by atoms with Gasteiger partial charge in [0.1, 0.15) is 0 Å². The summed E-state index contributed by atoms with van der Waals surface area (Å²) in [4.78, 5) is 0. The normalized spacial score (nSPS) is 39.5. The van der Waals surface area contributed by atoms with Crippen LogP contribution in [0.5, 0.6) is 0 Å². The Bertz CT molecular complexity index is 324. The lowest BCUT2D eigenvalue weighted by Crippen LogP contribution is -2.40. The maximum absolute atomic E-state index is 10.2. The number of allylic oxidation sites excluding steroid dienone is 3. The molecule has 0 amide bonds. The molecule has 0 unspecified atom stereocenters. The molecule has 0 aliphatic heterocycles. The quantitative estimate of drug-likeness (QED) is 0.642. The molecule has 1 saturated carbocycles. The Kier molecular flexibility index (Phi) is 2.76. The Balaban J connectivity index is 2.45. The van der Waals surface area contributed by atoms with Crippen molar-refractivity contribution in [1.82, 2.24) is 0 Å². The van der Waals surface area contributed by atoms with Gasteiger partial charge in [0, 0.05) is 5.41 Å². The molecule has 0 bridgehead atoms. The van der Waals surface area contributed by atoms with E-state index in [0.29, 0.717) is 0 Å². The zero-order valence-electron chi connectivity index (χ0n) is 10.1. The average Bonchev–Trinajstić information content (AvgIpc) is 2.22.